The first-order chi connectivity index (χ1) is 15.9. The summed E-state index contributed by atoms with van der Waals surface area (Å²) in [6.07, 6.45) is 1.69. The number of rotatable bonds is 7. The topological polar surface area (TPSA) is 84.8 Å². The van der Waals surface area contributed by atoms with Crippen LogP contribution in [-0.4, -0.2) is 89.0 Å². The van der Waals surface area contributed by atoms with Gasteiger partial charge in [-0.3, -0.25) is 9.69 Å². The van der Waals surface area contributed by atoms with Crippen LogP contribution in [0.25, 0.3) is 10.6 Å². The molecule has 3 aromatic rings. The van der Waals surface area contributed by atoms with Crippen LogP contribution < -0.4 is 5.32 Å². The molecule has 0 spiro atoms. The van der Waals surface area contributed by atoms with Gasteiger partial charge in [0.1, 0.15) is 5.75 Å². The Bertz CT molecular complexity index is 1110. The van der Waals surface area contributed by atoms with E-state index in [1.165, 1.54) is 6.07 Å². The van der Waals surface area contributed by atoms with Crippen molar-refractivity contribution in [1.29, 1.82) is 0 Å². The molecule has 1 amide bonds. The second kappa shape index (κ2) is 10.6. The third-order valence-corrected chi connectivity index (χ3v) is 7.13. The predicted octanol–water partition coefficient (Wildman–Crippen LogP) is 3.74. The van der Waals surface area contributed by atoms with Crippen molar-refractivity contribution < 1.29 is 9.90 Å². The van der Waals surface area contributed by atoms with Gasteiger partial charge >= 0.3 is 0 Å². The normalized spacial score (nSPS) is 14.6. The molecule has 1 aliphatic rings. The van der Waals surface area contributed by atoms with Crippen LogP contribution in [0.15, 0.2) is 46.4 Å². The zero-order valence-corrected chi connectivity index (χ0v) is 21.1. The number of carbonyl (C=O) groups excluding carboxylic acids is 1. The first-order valence-corrected chi connectivity index (χ1v) is 12.3. The molecule has 0 aliphatic carbocycles. The van der Waals surface area contributed by atoms with Gasteiger partial charge in [-0.25, -0.2) is 9.97 Å². The molecule has 1 saturated heterocycles. The van der Waals surface area contributed by atoms with Crippen LogP contribution in [0.3, 0.4) is 0 Å². The highest BCUT2D eigenvalue weighted by molar-refractivity contribution is 9.11. The average molecular weight is 531 g/mol. The maximum absolute atomic E-state index is 13.1. The van der Waals surface area contributed by atoms with Gasteiger partial charge < -0.3 is 20.2 Å². The van der Waals surface area contributed by atoms with Gasteiger partial charge in [-0.15, -0.1) is 11.3 Å². The minimum Gasteiger partial charge on any atom is -0.507 e. The number of amides is 1. The van der Waals surface area contributed by atoms with Crippen LogP contribution in [0, 0.1) is 0 Å². The molecule has 4 rings (SSSR count). The first kappa shape index (κ1) is 23.6. The molecule has 1 fully saturated rings. The predicted molar refractivity (Wildman–Crippen MR) is 135 cm³/mol. The highest BCUT2D eigenvalue weighted by atomic mass is 79.9. The second-order valence-electron chi connectivity index (χ2n) is 8.16. The number of hydrogen-bond donors (Lipinski definition) is 2. The molecule has 3 heterocycles. The maximum Gasteiger partial charge on any atom is 0.257 e. The Hall–Kier alpha value is -2.53. The van der Waals surface area contributed by atoms with Crippen molar-refractivity contribution in [3.63, 3.8) is 0 Å². The van der Waals surface area contributed by atoms with E-state index >= 15 is 0 Å². The third-order valence-electron chi connectivity index (χ3n) is 5.49. The molecule has 33 heavy (non-hydrogen) atoms. The van der Waals surface area contributed by atoms with Crippen molar-refractivity contribution in [3.05, 3.63) is 51.9 Å². The van der Waals surface area contributed by atoms with Crippen molar-refractivity contribution in [3.8, 4) is 16.3 Å². The Kier molecular flexibility index (Phi) is 7.59. The zero-order valence-electron chi connectivity index (χ0n) is 18.7. The Labute approximate surface area is 206 Å². The number of carbonyl (C=O) groups is 1. The van der Waals surface area contributed by atoms with E-state index in [1.54, 1.807) is 34.6 Å². The number of likely N-dealkylation sites (N-methyl/N-ethyl adjacent to an activating group) is 1. The highest BCUT2D eigenvalue weighted by Gasteiger charge is 2.24. The minimum atomic E-state index is -0.165. The van der Waals surface area contributed by atoms with Crippen molar-refractivity contribution in [2.45, 2.75) is 0 Å². The van der Waals surface area contributed by atoms with Crippen molar-refractivity contribution in [1.82, 2.24) is 24.7 Å². The molecule has 2 N–H and O–H groups in total. The van der Waals surface area contributed by atoms with Gasteiger partial charge in [0, 0.05) is 51.2 Å². The quantitative estimate of drug-likeness (QED) is 0.450. The van der Waals surface area contributed by atoms with Gasteiger partial charge in [-0.2, -0.15) is 0 Å². The lowest BCUT2D eigenvalue weighted by atomic mass is 10.1. The minimum absolute atomic E-state index is 0.0290. The number of phenolic OH excluding ortho intramolecular Hbond substituents is 1. The molecule has 174 valence electrons. The summed E-state index contributed by atoms with van der Waals surface area (Å²) in [5.74, 6) is 0.232. The molecule has 0 bridgehead atoms. The Balaban J connectivity index is 1.44. The summed E-state index contributed by atoms with van der Waals surface area (Å²) in [6, 6.07) is 10.7. The summed E-state index contributed by atoms with van der Waals surface area (Å²) in [5.41, 5.74) is 1.73. The lowest BCUT2D eigenvalue weighted by Crippen LogP contribution is -2.50. The molecule has 0 atom stereocenters. The van der Waals surface area contributed by atoms with E-state index in [0.29, 0.717) is 24.7 Å². The van der Waals surface area contributed by atoms with E-state index in [1.807, 2.05) is 18.2 Å². The van der Waals surface area contributed by atoms with Crippen LogP contribution in [-0.2, 0) is 0 Å². The molecular weight excluding hydrogens is 504 g/mol. The molecule has 1 aromatic carbocycles. The molecular formula is C23H27BrN6O2S. The second-order valence-corrected chi connectivity index (χ2v) is 10.6. The largest absolute Gasteiger partial charge is 0.507 e. The van der Waals surface area contributed by atoms with Crippen molar-refractivity contribution in [2.75, 3.05) is 58.7 Å². The fourth-order valence-corrected chi connectivity index (χ4v) is 4.96. The Morgan fingerprint density at radius 1 is 1.18 bits per heavy atom. The van der Waals surface area contributed by atoms with E-state index in [-0.39, 0.29) is 17.2 Å². The number of piperazine rings is 1. The number of anilines is 2. The van der Waals surface area contributed by atoms with E-state index in [4.69, 9.17) is 0 Å². The van der Waals surface area contributed by atoms with Gasteiger partial charge in [0.25, 0.3) is 5.91 Å². The fraction of sp³-hybridized carbons (Fsp3) is 0.348. The molecule has 2 aromatic heterocycles. The number of aromatic hydroxyl groups is 1. The number of nitrogens with one attached hydrogen (secondary N) is 1. The number of hydrogen-bond acceptors (Lipinski definition) is 8. The number of thiophene rings is 1. The zero-order chi connectivity index (χ0) is 23.4. The van der Waals surface area contributed by atoms with Crippen LogP contribution in [0.5, 0.6) is 5.75 Å². The summed E-state index contributed by atoms with van der Waals surface area (Å²) in [4.78, 5) is 29.3. The molecule has 0 radical (unpaired) electrons. The van der Waals surface area contributed by atoms with Crippen LogP contribution in [0.1, 0.15) is 10.4 Å². The lowest BCUT2D eigenvalue weighted by molar-refractivity contribution is 0.0627. The third kappa shape index (κ3) is 6.08. The number of phenols is 1. The van der Waals surface area contributed by atoms with Gasteiger partial charge in [0.05, 0.1) is 19.9 Å². The van der Waals surface area contributed by atoms with Gasteiger partial charge in [0.2, 0.25) is 5.95 Å². The van der Waals surface area contributed by atoms with Gasteiger partial charge in [-0.1, -0.05) is 0 Å². The first-order valence-electron chi connectivity index (χ1n) is 10.7. The van der Waals surface area contributed by atoms with Gasteiger partial charge in [-0.05, 0) is 66.4 Å². The fourth-order valence-electron chi connectivity index (χ4n) is 3.61. The number of halogens is 1. The molecule has 10 heteroatoms. The van der Waals surface area contributed by atoms with Crippen molar-refractivity contribution >= 4 is 44.8 Å². The number of aromatic nitrogens is 2. The summed E-state index contributed by atoms with van der Waals surface area (Å²) in [7, 11) is 4.12. The van der Waals surface area contributed by atoms with E-state index in [2.05, 4.69) is 55.1 Å². The summed E-state index contributed by atoms with van der Waals surface area (Å²) >= 11 is 5.07. The Morgan fingerprint density at radius 2 is 1.97 bits per heavy atom. The standard InChI is InChI=1S/C23H27BrN6O2S/c1-28(2)9-10-29-11-13-30(14-12-29)22(32)17-15-16(3-4-19(17)31)26-23-25-8-7-18(27-23)20-5-6-21(24)33-20/h3-8,15,31H,9-14H2,1-2H3,(H,25,26,27). The molecule has 8 nitrogen and oxygen atoms in total. The average Bonchev–Trinajstić information content (AvgIpc) is 3.25. The summed E-state index contributed by atoms with van der Waals surface area (Å²) < 4.78 is 1.03. The van der Waals surface area contributed by atoms with Crippen LogP contribution >= 0.6 is 27.3 Å². The molecule has 0 unspecified atom stereocenters. The van der Waals surface area contributed by atoms with Gasteiger partial charge in [0.15, 0.2) is 0 Å². The van der Waals surface area contributed by atoms with E-state index < -0.39 is 0 Å². The monoisotopic (exact) mass is 530 g/mol. The van der Waals surface area contributed by atoms with E-state index in [0.717, 1.165) is 40.5 Å². The van der Waals surface area contributed by atoms with Crippen LogP contribution in [0.2, 0.25) is 0 Å². The SMILES string of the molecule is CN(C)CCN1CCN(C(=O)c2cc(Nc3nccc(-c4ccc(Br)s4)n3)ccc2O)CC1. The highest BCUT2D eigenvalue weighted by Crippen LogP contribution is 2.31. The summed E-state index contributed by atoms with van der Waals surface area (Å²) in [6.45, 7) is 4.93. The number of nitrogens with zero attached hydrogens (tertiary/aromatic N) is 5. The molecule has 1 aliphatic heterocycles. The smallest absolute Gasteiger partial charge is 0.257 e. The van der Waals surface area contributed by atoms with E-state index in [9.17, 15) is 9.90 Å². The lowest BCUT2D eigenvalue weighted by Gasteiger charge is -2.35. The number of benzene rings is 1. The summed E-state index contributed by atoms with van der Waals surface area (Å²) in [5, 5.41) is 13.5. The van der Waals surface area contributed by atoms with Crippen LogP contribution in [0.4, 0.5) is 11.6 Å². The Morgan fingerprint density at radius 3 is 2.67 bits per heavy atom. The maximum atomic E-state index is 13.1. The van der Waals surface area contributed by atoms with Crippen molar-refractivity contribution in [2.24, 2.45) is 0 Å². The molecule has 0 saturated carbocycles.